The Bertz CT molecular complexity index is 1060. The Morgan fingerprint density at radius 2 is 1.87 bits per heavy atom. The van der Waals surface area contributed by atoms with Gasteiger partial charge in [-0.3, -0.25) is 4.79 Å². The number of morpholine rings is 1. The largest absolute Gasteiger partial charge is 0.493 e. The summed E-state index contributed by atoms with van der Waals surface area (Å²) in [6, 6.07) is 10.1. The minimum absolute atomic E-state index is 0.121. The molecule has 1 amide bonds. The lowest BCUT2D eigenvalue weighted by Gasteiger charge is -2.28. The number of nitrogens with one attached hydrogen (secondary N) is 1. The van der Waals surface area contributed by atoms with Crippen LogP contribution in [0.5, 0.6) is 5.75 Å². The van der Waals surface area contributed by atoms with Crippen LogP contribution in [0, 0.1) is 13.8 Å². The second kappa shape index (κ2) is 8.37. The smallest absolute Gasteiger partial charge is 0.251 e. The molecular weight excluding hydrogens is 404 g/mol. The van der Waals surface area contributed by atoms with Crippen molar-refractivity contribution in [1.29, 1.82) is 0 Å². The molecule has 2 aromatic rings. The Morgan fingerprint density at radius 3 is 2.63 bits per heavy atom. The van der Waals surface area contributed by atoms with Crippen molar-refractivity contribution >= 4 is 15.9 Å². The van der Waals surface area contributed by atoms with Crippen LogP contribution in [-0.2, 0) is 14.8 Å². The van der Waals surface area contributed by atoms with Gasteiger partial charge in [-0.1, -0.05) is 23.8 Å². The van der Waals surface area contributed by atoms with E-state index in [1.807, 2.05) is 19.9 Å². The summed E-state index contributed by atoms with van der Waals surface area (Å²) in [7, 11) is -3.66. The first-order valence-electron chi connectivity index (χ1n) is 10.1. The molecule has 2 aliphatic heterocycles. The SMILES string of the molecule is Cc1cc(C)c2c(c1)C(NC(=O)c1cccc(S(=O)(=O)N3CCOCC3)c1)CCO2. The van der Waals surface area contributed by atoms with Crippen molar-refractivity contribution in [3.05, 3.63) is 58.7 Å². The molecule has 1 saturated heterocycles. The van der Waals surface area contributed by atoms with Crippen LogP contribution < -0.4 is 10.1 Å². The van der Waals surface area contributed by atoms with Gasteiger partial charge in [0.2, 0.25) is 10.0 Å². The number of amides is 1. The maximum absolute atomic E-state index is 13.0. The maximum atomic E-state index is 13.0. The van der Waals surface area contributed by atoms with E-state index in [0.717, 1.165) is 22.4 Å². The fourth-order valence-corrected chi connectivity index (χ4v) is 5.46. The Hall–Kier alpha value is -2.42. The number of aryl methyl sites for hydroxylation is 2. The number of carbonyl (C=O) groups is 1. The first kappa shape index (κ1) is 20.8. The highest BCUT2D eigenvalue weighted by atomic mass is 32.2. The van der Waals surface area contributed by atoms with E-state index in [9.17, 15) is 13.2 Å². The summed E-state index contributed by atoms with van der Waals surface area (Å²) < 4.78 is 38.3. The summed E-state index contributed by atoms with van der Waals surface area (Å²) in [5.41, 5.74) is 3.43. The van der Waals surface area contributed by atoms with Gasteiger partial charge in [-0.25, -0.2) is 8.42 Å². The summed E-state index contributed by atoms with van der Waals surface area (Å²) in [4.78, 5) is 13.1. The van der Waals surface area contributed by atoms with E-state index in [1.54, 1.807) is 12.1 Å². The highest BCUT2D eigenvalue weighted by Gasteiger charge is 2.28. The van der Waals surface area contributed by atoms with E-state index >= 15 is 0 Å². The first-order chi connectivity index (χ1) is 14.4. The standard InChI is InChI=1S/C22H26N2O5S/c1-15-12-16(2)21-19(13-15)20(6-9-29-21)23-22(25)17-4-3-5-18(14-17)30(26,27)24-7-10-28-11-8-24/h3-5,12-14,20H,6-11H2,1-2H3,(H,23,25). The summed E-state index contributed by atoms with van der Waals surface area (Å²) in [6.07, 6.45) is 0.660. The number of benzene rings is 2. The molecule has 30 heavy (non-hydrogen) atoms. The first-order valence-corrected chi connectivity index (χ1v) is 11.5. The van der Waals surface area contributed by atoms with E-state index in [-0.39, 0.29) is 16.8 Å². The molecule has 4 rings (SSSR count). The van der Waals surface area contributed by atoms with Crippen molar-refractivity contribution in [2.45, 2.75) is 31.2 Å². The van der Waals surface area contributed by atoms with Gasteiger partial charge in [0.15, 0.2) is 0 Å². The zero-order chi connectivity index (χ0) is 21.3. The number of sulfonamides is 1. The van der Waals surface area contributed by atoms with Crippen molar-refractivity contribution in [1.82, 2.24) is 9.62 Å². The summed E-state index contributed by atoms with van der Waals surface area (Å²) in [6.45, 7) is 5.92. The van der Waals surface area contributed by atoms with Crippen LogP contribution in [0.4, 0.5) is 0 Å². The van der Waals surface area contributed by atoms with Crippen molar-refractivity contribution in [3.8, 4) is 5.75 Å². The van der Waals surface area contributed by atoms with Gasteiger partial charge in [0.1, 0.15) is 5.75 Å². The topological polar surface area (TPSA) is 84.9 Å². The molecule has 2 aliphatic rings. The van der Waals surface area contributed by atoms with Gasteiger partial charge >= 0.3 is 0 Å². The third kappa shape index (κ3) is 4.08. The molecule has 8 heteroatoms. The molecule has 0 saturated carbocycles. The molecule has 0 aromatic heterocycles. The minimum Gasteiger partial charge on any atom is -0.493 e. The Labute approximate surface area is 177 Å². The monoisotopic (exact) mass is 430 g/mol. The van der Waals surface area contributed by atoms with Gasteiger partial charge in [0.25, 0.3) is 5.91 Å². The summed E-state index contributed by atoms with van der Waals surface area (Å²) in [5, 5.41) is 3.06. The van der Waals surface area contributed by atoms with Gasteiger partial charge in [0.05, 0.1) is 30.8 Å². The average Bonchev–Trinajstić information content (AvgIpc) is 2.75. The molecule has 0 aliphatic carbocycles. The molecule has 160 valence electrons. The minimum atomic E-state index is -3.66. The number of fused-ring (bicyclic) bond motifs is 1. The van der Waals surface area contributed by atoms with Gasteiger partial charge in [-0.2, -0.15) is 4.31 Å². The predicted octanol–water partition coefficient (Wildman–Crippen LogP) is 2.58. The molecule has 1 unspecified atom stereocenters. The average molecular weight is 431 g/mol. The van der Waals surface area contributed by atoms with Crippen LogP contribution in [0.15, 0.2) is 41.3 Å². The van der Waals surface area contributed by atoms with Crippen molar-refractivity contribution < 1.29 is 22.7 Å². The normalized spacial score (nSPS) is 19.6. The van der Waals surface area contributed by atoms with Gasteiger partial charge in [-0.15, -0.1) is 0 Å². The molecular formula is C22H26N2O5S. The van der Waals surface area contributed by atoms with Gasteiger partial charge in [0, 0.05) is 30.6 Å². The summed E-state index contributed by atoms with van der Waals surface area (Å²) >= 11 is 0. The van der Waals surface area contributed by atoms with Crippen LogP contribution in [0.25, 0.3) is 0 Å². The fraction of sp³-hybridized carbons (Fsp3) is 0.409. The summed E-state index contributed by atoms with van der Waals surface area (Å²) in [5.74, 6) is 0.520. The molecule has 0 spiro atoms. The van der Waals surface area contributed by atoms with Crippen LogP contribution in [0.2, 0.25) is 0 Å². The van der Waals surface area contributed by atoms with Crippen molar-refractivity contribution in [2.24, 2.45) is 0 Å². The number of hydrogen-bond acceptors (Lipinski definition) is 5. The zero-order valence-corrected chi connectivity index (χ0v) is 18.0. The van der Waals surface area contributed by atoms with E-state index in [2.05, 4.69) is 11.4 Å². The van der Waals surface area contributed by atoms with E-state index < -0.39 is 10.0 Å². The van der Waals surface area contributed by atoms with E-state index in [4.69, 9.17) is 9.47 Å². The quantitative estimate of drug-likeness (QED) is 0.806. The second-order valence-corrected chi connectivity index (χ2v) is 9.65. The molecule has 1 fully saturated rings. The van der Waals surface area contributed by atoms with E-state index in [1.165, 1.54) is 16.4 Å². The molecule has 2 aromatic carbocycles. The Morgan fingerprint density at radius 1 is 1.10 bits per heavy atom. The molecule has 1 atom stereocenters. The Kier molecular flexibility index (Phi) is 5.81. The lowest BCUT2D eigenvalue weighted by molar-refractivity contribution is 0.0730. The maximum Gasteiger partial charge on any atom is 0.251 e. The fourth-order valence-electron chi connectivity index (χ4n) is 4.00. The highest BCUT2D eigenvalue weighted by Crippen LogP contribution is 2.36. The molecule has 2 heterocycles. The molecule has 0 radical (unpaired) electrons. The van der Waals surface area contributed by atoms with Crippen molar-refractivity contribution in [2.75, 3.05) is 32.9 Å². The predicted molar refractivity (Wildman–Crippen MR) is 112 cm³/mol. The van der Waals surface area contributed by atoms with Crippen LogP contribution in [0.1, 0.15) is 39.5 Å². The molecule has 0 bridgehead atoms. The third-order valence-electron chi connectivity index (χ3n) is 5.49. The number of hydrogen-bond donors (Lipinski definition) is 1. The highest BCUT2D eigenvalue weighted by molar-refractivity contribution is 7.89. The van der Waals surface area contributed by atoms with E-state index in [0.29, 0.717) is 44.9 Å². The Balaban J connectivity index is 1.57. The van der Waals surface area contributed by atoms with Gasteiger partial charge < -0.3 is 14.8 Å². The molecule has 7 nitrogen and oxygen atoms in total. The lowest BCUT2D eigenvalue weighted by atomic mass is 9.95. The zero-order valence-electron chi connectivity index (χ0n) is 17.2. The number of nitrogens with zero attached hydrogens (tertiary/aromatic N) is 1. The second-order valence-electron chi connectivity index (χ2n) is 7.71. The third-order valence-corrected chi connectivity index (χ3v) is 7.38. The van der Waals surface area contributed by atoms with Crippen LogP contribution in [0.3, 0.4) is 0 Å². The van der Waals surface area contributed by atoms with Gasteiger partial charge in [-0.05, 0) is 37.6 Å². The van der Waals surface area contributed by atoms with Crippen LogP contribution >= 0.6 is 0 Å². The lowest BCUT2D eigenvalue weighted by Crippen LogP contribution is -2.40. The number of carbonyl (C=O) groups excluding carboxylic acids is 1. The molecule has 1 N–H and O–H groups in total. The number of ether oxygens (including phenoxy) is 2. The van der Waals surface area contributed by atoms with Crippen molar-refractivity contribution in [3.63, 3.8) is 0 Å². The van der Waals surface area contributed by atoms with Crippen LogP contribution in [-0.4, -0.2) is 51.5 Å². The number of rotatable bonds is 4.